The molecule has 2 heterocycles. The summed E-state index contributed by atoms with van der Waals surface area (Å²) in [6.45, 7) is 7.79. The maximum atomic E-state index is 12.8. The Morgan fingerprint density at radius 3 is 2.35 bits per heavy atom. The number of hydrogen-bond donors (Lipinski definition) is 2. The molecule has 1 aliphatic heterocycles. The number of hydrogen-bond acceptors (Lipinski definition) is 3. The van der Waals surface area contributed by atoms with Crippen LogP contribution in [-0.2, 0) is 16.1 Å². The number of carbonyl (C=O) groups is 2. The Bertz CT molecular complexity index is 1530. The van der Waals surface area contributed by atoms with Gasteiger partial charge in [-0.05, 0) is 66.2 Å². The van der Waals surface area contributed by atoms with Gasteiger partial charge in [0.05, 0.1) is 12.5 Å². The van der Waals surface area contributed by atoms with Crippen molar-refractivity contribution in [1.29, 1.82) is 0 Å². The number of benzene rings is 1. The number of ether oxygens (including phenoxy) is 1. The second kappa shape index (κ2) is 8.64. The molecule has 6 nitrogen and oxygen atoms in total. The molecule has 1 aromatic carbocycles. The van der Waals surface area contributed by atoms with Crippen molar-refractivity contribution in [1.82, 2.24) is 4.57 Å². The fourth-order valence-corrected chi connectivity index (χ4v) is 6.52. The van der Waals surface area contributed by atoms with Crippen molar-refractivity contribution in [2.75, 3.05) is 7.11 Å². The van der Waals surface area contributed by atoms with Crippen LogP contribution in [0.25, 0.3) is 18.2 Å². The predicted molar refractivity (Wildman–Crippen MR) is 143 cm³/mol. The van der Waals surface area contributed by atoms with Crippen LogP contribution in [0, 0.1) is 26.8 Å². The number of fused-ring (bicyclic) bond motifs is 4. The second-order valence-corrected chi connectivity index (χ2v) is 12.2. The van der Waals surface area contributed by atoms with Gasteiger partial charge >= 0.3 is 11.9 Å². The van der Waals surface area contributed by atoms with E-state index in [1.165, 1.54) is 12.0 Å². The molecule has 0 spiro atoms. The minimum atomic E-state index is -1.21. The van der Waals surface area contributed by atoms with E-state index >= 15 is 0 Å². The summed E-state index contributed by atoms with van der Waals surface area (Å²) in [6.07, 6.45) is 13.3. The van der Waals surface area contributed by atoms with Crippen molar-refractivity contribution in [3.8, 4) is 5.75 Å². The molecule has 1 aromatic heterocycles. The molecule has 5 rings (SSSR count). The molecular weight excluding hydrogens is 466 g/mol. The number of nitrogens with zero attached hydrogens (tertiary/aromatic N) is 1. The summed E-state index contributed by atoms with van der Waals surface area (Å²) in [6, 6.07) is 5.87. The molecule has 37 heavy (non-hydrogen) atoms. The smallest absolute Gasteiger partial charge is 0.318 e. The quantitative estimate of drug-likeness (QED) is 0.635. The van der Waals surface area contributed by atoms with Crippen LogP contribution in [0.4, 0.5) is 0 Å². The van der Waals surface area contributed by atoms with Crippen molar-refractivity contribution >= 4 is 30.2 Å². The van der Waals surface area contributed by atoms with Gasteiger partial charge in [-0.25, -0.2) is 0 Å². The van der Waals surface area contributed by atoms with Crippen molar-refractivity contribution in [3.63, 3.8) is 0 Å². The van der Waals surface area contributed by atoms with Gasteiger partial charge in [-0.2, -0.15) is 0 Å². The van der Waals surface area contributed by atoms with Crippen LogP contribution in [0.2, 0.25) is 0 Å². The third kappa shape index (κ3) is 3.84. The number of rotatable bonds is 4. The SMILES string of the molecule is COc1ccc2c(c1)=CC(C)(C(=O)O)Cn1c3c(c(C4CCCCC4)c1=2)C=CC(C(=O)O)(C(C)(C)C)C=3. The van der Waals surface area contributed by atoms with Gasteiger partial charge in [0, 0.05) is 22.7 Å². The third-order valence-corrected chi connectivity index (χ3v) is 8.83. The fraction of sp³-hybridized carbons (Fsp3) is 0.484. The van der Waals surface area contributed by atoms with Crippen molar-refractivity contribution in [3.05, 3.63) is 56.5 Å². The van der Waals surface area contributed by atoms with Crippen molar-refractivity contribution in [2.45, 2.75) is 72.3 Å². The minimum absolute atomic E-state index is 0.216. The Morgan fingerprint density at radius 2 is 1.76 bits per heavy atom. The molecular formula is C31H37NO5. The zero-order valence-corrected chi connectivity index (χ0v) is 22.4. The monoisotopic (exact) mass is 503 g/mol. The van der Waals surface area contributed by atoms with E-state index in [1.54, 1.807) is 14.0 Å². The highest BCUT2D eigenvalue weighted by Crippen LogP contribution is 2.45. The zero-order valence-electron chi connectivity index (χ0n) is 22.4. The summed E-state index contributed by atoms with van der Waals surface area (Å²) in [7, 11) is 1.61. The summed E-state index contributed by atoms with van der Waals surface area (Å²) < 4.78 is 7.61. The molecule has 3 aliphatic rings. The van der Waals surface area contributed by atoms with E-state index in [4.69, 9.17) is 4.74 Å². The Hall–Kier alpha value is -3.28. The highest BCUT2D eigenvalue weighted by molar-refractivity contribution is 5.89. The van der Waals surface area contributed by atoms with Gasteiger partial charge in [-0.1, -0.05) is 58.3 Å². The minimum Gasteiger partial charge on any atom is -0.497 e. The molecule has 2 aromatic rings. The first kappa shape index (κ1) is 25.4. The first-order chi connectivity index (χ1) is 17.4. The number of aromatic nitrogens is 1. The lowest BCUT2D eigenvalue weighted by Gasteiger charge is -2.38. The average Bonchev–Trinajstić information content (AvgIpc) is 3.08. The molecule has 0 radical (unpaired) electrons. The summed E-state index contributed by atoms with van der Waals surface area (Å²) in [5.41, 5.74) is -0.715. The number of aliphatic carboxylic acids is 2. The molecule has 1 fully saturated rings. The Morgan fingerprint density at radius 1 is 1.05 bits per heavy atom. The molecule has 6 heteroatoms. The maximum Gasteiger partial charge on any atom is 0.318 e. The summed E-state index contributed by atoms with van der Waals surface area (Å²) >= 11 is 0. The molecule has 0 saturated heterocycles. The average molecular weight is 504 g/mol. The van der Waals surface area contributed by atoms with Gasteiger partial charge < -0.3 is 19.5 Å². The van der Waals surface area contributed by atoms with E-state index in [-0.39, 0.29) is 6.54 Å². The molecule has 1 saturated carbocycles. The summed E-state index contributed by atoms with van der Waals surface area (Å²) in [5, 5.41) is 24.5. The Kier molecular flexibility index (Phi) is 5.93. The maximum absolute atomic E-state index is 12.8. The van der Waals surface area contributed by atoms with Gasteiger partial charge in [0.2, 0.25) is 0 Å². The van der Waals surface area contributed by atoms with Gasteiger partial charge in [0.25, 0.3) is 0 Å². The Labute approximate surface area is 217 Å². The van der Waals surface area contributed by atoms with E-state index < -0.39 is 28.2 Å². The van der Waals surface area contributed by atoms with Crippen LogP contribution < -0.4 is 15.3 Å². The molecule has 2 unspecified atom stereocenters. The molecule has 196 valence electrons. The van der Waals surface area contributed by atoms with E-state index in [1.807, 2.05) is 63.3 Å². The van der Waals surface area contributed by atoms with Crippen LogP contribution in [-0.4, -0.2) is 33.8 Å². The lowest BCUT2D eigenvalue weighted by molar-refractivity contribution is -0.147. The first-order valence-electron chi connectivity index (χ1n) is 13.2. The molecule has 0 amide bonds. The van der Waals surface area contributed by atoms with Gasteiger partial charge in [0.1, 0.15) is 16.6 Å². The largest absolute Gasteiger partial charge is 0.497 e. The van der Waals surface area contributed by atoms with Crippen LogP contribution in [0.3, 0.4) is 0 Å². The molecule has 2 atom stereocenters. The standard InChI is InChI=1S/C31H37NO5/c1-29(2,3)31(28(35)36)14-13-23-24(17-31)32-18-30(4,27(33)34)16-20-15-21(37-5)11-12-22(20)26(32)25(23)19-9-7-6-8-10-19/h11-17,19H,6-10,18H2,1-5H3,(H,33,34)(H,35,36). The van der Waals surface area contributed by atoms with Gasteiger partial charge in [-0.15, -0.1) is 0 Å². The van der Waals surface area contributed by atoms with Crippen LogP contribution in [0.5, 0.6) is 5.75 Å². The number of carboxylic acids is 2. The lowest BCUT2D eigenvalue weighted by Crippen LogP contribution is -2.44. The van der Waals surface area contributed by atoms with E-state index in [9.17, 15) is 19.8 Å². The third-order valence-electron chi connectivity index (χ3n) is 8.83. The number of carboxylic acid groups (broad SMARTS) is 2. The van der Waals surface area contributed by atoms with Crippen LogP contribution in [0.1, 0.15) is 76.8 Å². The highest BCUT2D eigenvalue weighted by Gasteiger charge is 2.47. The summed E-state index contributed by atoms with van der Waals surface area (Å²) in [5.74, 6) is -0.797. The molecule has 2 N–H and O–H groups in total. The van der Waals surface area contributed by atoms with Crippen molar-refractivity contribution in [2.24, 2.45) is 16.2 Å². The molecule has 2 aliphatic carbocycles. The normalized spacial score (nSPS) is 25.1. The second-order valence-electron chi connectivity index (χ2n) is 12.2. The predicted octanol–water partition coefficient (Wildman–Crippen LogP) is 4.64. The topological polar surface area (TPSA) is 88.8 Å². The van der Waals surface area contributed by atoms with Crippen LogP contribution >= 0.6 is 0 Å². The van der Waals surface area contributed by atoms with E-state index in [0.29, 0.717) is 11.7 Å². The summed E-state index contributed by atoms with van der Waals surface area (Å²) in [4.78, 5) is 25.5. The van der Waals surface area contributed by atoms with E-state index in [0.717, 1.165) is 52.4 Å². The number of methoxy groups -OCH3 is 1. The van der Waals surface area contributed by atoms with Crippen LogP contribution in [0.15, 0.2) is 24.3 Å². The van der Waals surface area contributed by atoms with Crippen molar-refractivity contribution < 1.29 is 24.5 Å². The first-order valence-corrected chi connectivity index (χ1v) is 13.2. The Balaban J connectivity index is 2.01. The molecule has 0 bridgehead atoms. The highest BCUT2D eigenvalue weighted by atomic mass is 16.5. The fourth-order valence-electron chi connectivity index (χ4n) is 6.52. The van der Waals surface area contributed by atoms with Gasteiger partial charge in [-0.3, -0.25) is 9.59 Å². The van der Waals surface area contributed by atoms with Gasteiger partial charge in [0.15, 0.2) is 0 Å². The zero-order chi connectivity index (χ0) is 26.8. The van der Waals surface area contributed by atoms with E-state index in [2.05, 4.69) is 4.57 Å². The lowest BCUT2D eigenvalue weighted by atomic mass is 9.64.